The lowest BCUT2D eigenvalue weighted by molar-refractivity contribution is -0.134. The van der Waals surface area contributed by atoms with Gasteiger partial charge in [-0.15, -0.1) is 0 Å². The summed E-state index contributed by atoms with van der Waals surface area (Å²) in [6, 6.07) is 20.3. The lowest BCUT2D eigenvalue weighted by Gasteiger charge is -2.26. The molecule has 0 bridgehead atoms. The summed E-state index contributed by atoms with van der Waals surface area (Å²) in [6.45, 7) is 1.84. The molecule has 0 radical (unpaired) electrons. The van der Waals surface area contributed by atoms with E-state index in [4.69, 9.17) is 26.8 Å². The van der Waals surface area contributed by atoms with Gasteiger partial charge in [-0.2, -0.15) is 0 Å². The Labute approximate surface area is 214 Å². The molecule has 2 aromatic carbocycles. The Morgan fingerprint density at radius 3 is 2.33 bits per heavy atom. The van der Waals surface area contributed by atoms with Crippen LogP contribution < -0.4 is 4.90 Å². The number of carboxylic acid groups (broad SMARTS) is 2. The van der Waals surface area contributed by atoms with Gasteiger partial charge in [0.25, 0.3) is 0 Å². The van der Waals surface area contributed by atoms with E-state index >= 15 is 0 Å². The Balaban J connectivity index is 0.000000392. The SMILES string of the molecule is CN(C)CCCN1c2cc(Cl)ccc2C(c2ccccc2)=Nc2cccnc21.O=C(O)C=CC(=O)O. The molecule has 0 aliphatic carbocycles. The van der Waals surface area contributed by atoms with Gasteiger partial charge < -0.3 is 20.0 Å². The number of hydrogen-bond acceptors (Lipinski definition) is 6. The first kappa shape index (κ1) is 26.6. The fraction of sp³-hybridized carbons (Fsp3) is 0.185. The third-order valence-electron chi connectivity index (χ3n) is 5.16. The number of aliphatic carboxylic acids is 2. The van der Waals surface area contributed by atoms with E-state index in [-0.39, 0.29) is 0 Å². The molecule has 0 atom stereocenters. The Morgan fingerprint density at radius 2 is 1.69 bits per heavy atom. The molecule has 0 unspecified atom stereocenters. The van der Waals surface area contributed by atoms with Gasteiger partial charge in [-0.25, -0.2) is 19.6 Å². The topological polar surface area (TPSA) is 106 Å². The van der Waals surface area contributed by atoms with Crippen LogP contribution in [0.3, 0.4) is 0 Å². The van der Waals surface area contributed by atoms with Gasteiger partial charge in [-0.3, -0.25) is 0 Å². The predicted molar refractivity (Wildman–Crippen MR) is 142 cm³/mol. The number of carbonyl (C=O) groups is 2. The average Bonchev–Trinajstić information content (AvgIpc) is 2.98. The summed E-state index contributed by atoms with van der Waals surface area (Å²) in [6.07, 6.45) is 3.95. The van der Waals surface area contributed by atoms with Gasteiger partial charge in [0.1, 0.15) is 5.69 Å². The van der Waals surface area contributed by atoms with Crippen LogP contribution >= 0.6 is 11.6 Å². The highest BCUT2D eigenvalue weighted by molar-refractivity contribution is 6.31. The van der Waals surface area contributed by atoms with Crippen LogP contribution in [0.4, 0.5) is 17.2 Å². The van der Waals surface area contributed by atoms with Crippen LogP contribution in [-0.4, -0.2) is 64.9 Å². The molecule has 0 amide bonds. The van der Waals surface area contributed by atoms with Crippen molar-refractivity contribution in [2.45, 2.75) is 6.42 Å². The number of rotatable bonds is 7. The number of carboxylic acids is 2. The minimum atomic E-state index is -1.26. The largest absolute Gasteiger partial charge is 0.478 e. The molecule has 0 spiro atoms. The summed E-state index contributed by atoms with van der Waals surface area (Å²) in [5.74, 6) is -1.64. The molecule has 4 rings (SSSR count). The van der Waals surface area contributed by atoms with Gasteiger partial charge >= 0.3 is 11.9 Å². The Kier molecular flexibility index (Phi) is 9.32. The molecular formula is C27H27ClN4O4. The van der Waals surface area contributed by atoms with Gasteiger partial charge in [-0.1, -0.05) is 41.9 Å². The number of nitrogens with zero attached hydrogens (tertiary/aromatic N) is 4. The van der Waals surface area contributed by atoms with Crippen LogP contribution in [0, 0.1) is 0 Å². The summed E-state index contributed by atoms with van der Waals surface area (Å²) >= 11 is 6.41. The maximum absolute atomic E-state index is 9.55. The van der Waals surface area contributed by atoms with Crippen molar-refractivity contribution >= 4 is 46.4 Å². The third-order valence-corrected chi connectivity index (χ3v) is 5.40. The summed E-state index contributed by atoms with van der Waals surface area (Å²) in [5.41, 5.74) is 5.01. The first-order chi connectivity index (χ1) is 17.3. The first-order valence-electron chi connectivity index (χ1n) is 11.2. The molecule has 0 saturated carbocycles. The van der Waals surface area contributed by atoms with Gasteiger partial charge in [0, 0.05) is 41.0 Å². The van der Waals surface area contributed by atoms with Crippen molar-refractivity contribution in [3.8, 4) is 0 Å². The second-order valence-corrected chi connectivity index (χ2v) is 8.59. The van der Waals surface area contributed by atoms with Crippen molar-refractivity contribution in [2.24, 2.45) is 4.99 Å². The molecule has 0 saturated heterocycles. The van der Waals surface area contributed by atoms with E-state index < -0.39 is 11.9 Å². The van der Waals surface area contributed by atoms with E-state index in [1.807, 2.05) is 48.7 Å². The zero-order chi connectivity index (χ0) is 26.1. The van der Waals surface area contributed by atoms with E-state index in [2.05, 4.69) is 47.1 Å². The molecule has 8 nitrogen and oxygen atoms in total. The second kappa shape index (κ2) is 12.6. The molecule has 1 aliphatic rings. The molecule has 0 fully saturated rings. The smallest absolute Gasteiger partial charge is 0.328 e. The van der Waals surface area contributed by atoms with E-state index in [1.54, 1.807) is 0 Å². The van der Waals surface area contributed by atoms with E-state index in [0.29, 0.717) is 17.2 Å². The summed E-state index contributed by atoms with van der Waals surface area (Å²) < 4.78 is 0. The fourth-order valence-corrected chi connectivity index (χ4v) is 3.80. The van der Waals surface area contributed by atoms with E-state index in [1.165, 1.54) is 0 Å². The third kappa shape index (κ3) is 7.24. The molecule has 1 aliphatic heterocycles. The van der Waals surface area contributed by atoms with Crippen LogP contribution in [-0.2, 0) is 9.59 Å². The zero-order valence-electron chi connectivity index (χ0n) is 20.0. The van der Waals surface area contributed by atoms with Gasteiger partial charge in [0.05, 0.1) is 11.4 Å². The Hall–Kier alpha value is -4.01. The second-order valence-electron chi connectivity index (χ2n) is 8.15. The van der Waals surface area contributed by atoms with Crippen LogP contribution in [0.2, 0.25) is 5.02 Å². The number of benzene rings is 2. The van der Waals surface area contributed by atoms with Crippen LogP contribution in [0.1, 0.15) is 17.5 Å². The Bertz CT molecular complexity index is 1260. The number of fused-ring (bicyclic) bond motifs is 2. The fourth-order valence-electron chi connectivity index (χ4n) is 3.64. The van der Waals surface area contributed by atoms with Crippen molar-refractivity contribution in [3.05, 3.63) is 95.2 Å². The maximum atomic E-state index is 9.55. The van der Waals surface area contributed by atoms with Crippen LogP contribution in [0.5, 0.6) is 0 Å². The summed E-state index contributed by atoms with van der Waals surface area (Å²) in [5, 5.41) is 16.3. The number of aromatic nitrogens is 1. The number of anilines is 2. The van der Waals surface area contributed by atoms with Crippen LogP contribution in [0.25, 0.3) is 0 Å². The zero-order valence-corrected chi connectivity index (χ0v) is 20.8. The first-order valence-corrected chi connectivity index (χ1v) is 11.6. The normalized spacial score (nSPS) is 12.2. The monoisotopic (exact) mass is 506 g/mol. The molecule has 2 heterocycles. The number of aliphatic imine (C=N–C) groups is 1. The highest BCUT2D eigenvalue weighted by Crippen LogP contribution is 2.40. The van der Waals surface area contributed by atoms with E-state index in [0.717, 1.165) is 53.5 Å². The lowest BCUT2D eigenvalue weighted by Crippen LogP contribution is -2.24. The maximum Gasteiger partial charge on any atom is 0.328 e. The number of halogens is 1. The highest BCUT2D eigenvalue weighted by atomic mass is 35.5. The molecule has 9 heteroatoms. The van der Waals surface area contributed by atoms with Crippen molar-refractivity contribution in [2.75, 3.05) is 32.1 Å². The Morgan fingerprint density at radius 1 is 1.00 bits per heavy atom. The molecule has 36 heavy (non-hydrogen) atoms. The molecule has 2 N–H and O–H groups in total. The average molecular weight is 507 g/mol. The minimum Gasteiger partial charge on any atom is -0.478 e. The van der Waals surface area contributed by atoms with Crippen molar-refractivity contribution < 1.29 is 19.8 Å². The standard InChI is InChI=1S/C23H23ClN4.C4H4O4/c1-27(2)14-7-15-28-21-16-18(24)11-12-19(21)22(17-8-4-3-5-9-17)26-20-10-6-13-25-23(20)28;5-3(6)1-2-4(7)8/h3-6,8-13,16H,7,14-15H2,1-2H3;1-2H,(H,5,6)(H,7,8). The van der Waals surface area contributed by atoms with Gasteiger partial charge in [0.2, 0.25) is 0 Å². The molecule has 186 valence electrons. The minimum absolute atomic E-state index is 0.558. The number of hydrogen-bond donors (Lipinski definition) is 2. The van der Waals surface area contributed by atoms with Crippen molar-refractivity contribution in [1.82, 2.24) is 9.88 Å². The predicted octanol–water partition coefficient (Wildman–Crippen LogP) is 5.02. The molecular weight excluding hydrogens is 480 g/mol. The molecule has 3 aromatic rings. The van der Waals surface area contributed by atoms with Crippen LogP contribution in [0.15, 0.2) is 84.0 Å². The lowest BCUT2D eigenvalue weighted by atomic mass is 10.00. The van der Waals surface area contributed by atoms with Gasteiger partial charge in [-0.05, 0) is 57.4 Å². The number of pyridine rings is 1. The van der Waals surface area contributed by atoms with Gasteiger partial charge in [0.15, 0.2) is 5.82 Å². The highest BCUT2D eigenvalue weighted by Gasteiger charge is 2.25. The van der Waals surface area contributed by atoms with Crippen molar-refractivity contribution in [1.29, 1.82) is 0 Å². The summed E-state index contributed by atoms with van der Waals surface area (Å²) in [7, 11) is 4.19. The van der Waals surface area contributed by atoms with E-state index in [9.17, 15) is 9.59 Å². The summed E-state index contributed by atoms with van der Waals surface area (Å²) in [4.78, 5) is 33.3. The van der Waals surface area contributed by atoms with Crippen molar-refractivity contribution in [3.63, 3.8) is 0 Å². The quantitative estimate of drug-likeness (QED) is 0.433. The molecule has 1 aromatic heterocycles.